The van der Waals surface area contributed by atoms with Gasteiger partial charge < -0.3 is 5.32 Å². The number of hydrogen-bond donors (Lipinski definition) is 1. The Balaban J connectivity index is 2.62. The first-order valence-corrected chi connectivity index (χ1v) is 5.51. The molecule has 1 aromatic rings. The second-order valence-electron chi connectivity index (χ2n) is 3.38. The summed E-state index contributed by atoms with van der Waals surface area (Å²) in [6.07, 6.45) is 1.53. The number of nitrogens with zero attached hydrogens (tertiary/aromatic N) is 1. The van der Waals surface area contributed by atoms with E-state index in [0.29, 0.717) is 6.42 Å². The van der Waals surface area contributed by atoms with E-state index in [1.807, 2.05) is 18.2 Å². The third-order valence-corrected chi connectivity index (χ3v) is 2.52. The molecule has 1 atom stereocenters. The lowest BCUT2D eigenvalue weighted by atomic mass is 10.0. The molecule has 0 amide bonds. The van der Waals surface area contributed by atoms with Crippen LogP contribution in [-0.4, -0.2) is 6.54 Å². The van der Waals surface area contributed by atoms with Crippen molar-refractivity contribution in [2.45, 2.75) is 25.8 Å². The van der Waals surface area contributed by atoms with Crippen LogP contribution in [0.4, 0.5) is 0 Å². The van der Waals surface area contributed by atoms with Crippen LogP contribution in [-0.2, 0) is 0 Å². The SMILES string of the molecule is CCC(NCCC#N)c1cccc(Cl)c1. The Labute approximate surface area is 95.9 Å². The van der Waals surface area contributed by atoms with Crippen LogP contribution in [0.2, 0.25) is 5.02 Å². The molecule has 0 aromatic heterocycles. The van der Waals surface area contributed by atoms with Gasteiger partial charge in [0.1, 0.15) is 0 Å². The lowest BCUT2D eigenvalue weighted by molar-refractivity contribution is 0.527. The molecule has 0 radical (unpaired) electrons. The molecule has 0 saturated heterocycles. The summed E-state index contributed by atoms with van der Waals surface area (Å²) in [6, 6.07) is 10.3. The summed E-state index contributed by atoms with van der Waals surface area (Å²) < 4.78 is 0. The van der Waals surface area contributed by atoms with Gasteiger partial charge in [0.15, 0.2) is 0 Å². The Hall–Kier alpha value is -1.04. The van der Waals surface area contributed by atoms with Gasteiger partial charge >= 0.3 is 0 Å². The van der Waals surface area contributed by atoms with Crippen molar-refractivity contribution in [3.05, 3.63) is 34.9 Å². The van der Waals surface area contributed by atoms with Crippen molar-refractivity contribution in [3.8, 4) is 6.07 Å². The van der Waals surface area contributed by atoms with Gasteiger partial charge in [0.25, 0.3) is 0 Å². The molecule has 1 N–H and O–H groups in total. The molecule has 80 valence electrons. The summed E-state index contributed by atoms with van der Waals surface area (Å²) in [4.78, 5) is 0. The Bertz CT molecular complexity index is 344. The van der Waals surface area contributed by atoms with E-state index in [1.165, 1.54) is 5.56 Å². The van der Waals surface area contributed by atoms with E-state index in [9.17, 15) is 0 Å². The fraction of sp³-hybridized carbons (Fsp3) is 0.417. The zero-order valence-corrected chi connectivity index (χ0v) is 9.59. The maximum atomic E-state index is 8.46. The minimum absolute atomic E-state index is 0.289. The van der Waals surface area contributed by atoms with Crippen molar-refractivity contribution in [1.29, 1.82) is 5.26 Å². The molecule has 0 spiro atoms. The molecule has 0 aliphatic carbocycles. The van der Waals surface area contributed by atoms with Crippen molar-refractivity contribution < 1.29 is 0 Å². The van der Waals surface area contributed by atoms with Gasteiger partial charge in [-0.25, -0.2) is 0 Å². The van der Waals surface area contributed by atoms with E-state index >= 15 is 0 Å². The summed E-state index contributed by atoms with van der Waals surface area (Å²) >= 11 is 5.93. The number of halogens is 1. The van der Waals surface area contributed by atoms with Crippen LogP contribution in [0.5, 0.6) is 0 Å². The van der Waals surface area contributed by atoms with E-state index in [1.54, 1.807) is 0 Å². The van der Waals surface area contributed by atoms with Crippen LogP contribution in [0.15, 0.2) is 24.3 Å². The first-order valence-electron chi connectivity index (χ1n) is 5.13. The third-order valence-electron chi connectivity index (χ3n) is 2.29. The Kier molecular flexibility index (Phi) is 5.17. The predicted molar refractivity (Wildman–Crippen MR) is 62.7 cm³/mol. The van der Waals surface area contributed by atoms with E-state index in [-0.39, 0.29) is 6.04 Å². The Morgan fingerprint density at radius 1 is 1.53 bits per heavy atom. The molecule has 1 unspecified atom stereocenters. The summed E-state index contributed by atoms with van der Waals surface area (Å²) in [6.45, 7) is 2.84. The maximum Gasteiger partial charge on any atom is 0.0635 e. The first-order chi connectivity index (χ1) is 7.27. The molecule has 15 heavy (non-hydrogen) atoms. The van der Waals surface area contributed by atoms with Gasteiger partial charge in [-0.2, -0.15) is 5.26 Å². The summed E-state index contributed by atoms with van der Waals surface area (Å²) in [5.74, 6) is 0. The molecular formula is C12H15ClN2. The topological polar surface area (TPSA) is 35.8 Å². The Morgan fingerprint density at radius 2 is 2.33 bits per heavy atom. The zero-order chi connectivity index (χ0) is 11.1. The number of rotatable bonds is 5. The Morgan fingerprint density at radius 3 is 2.93 bits per heavy atom. The molecule has 0 saturated carbocycles. The maximum absolute atomic E-state index is 8.46. The fourth-order valence-corrected chi connectivity index (χ4v) is 1.72. The lowest BCUT2D eigenvalue weighted by Crippen LogP contribution is -2.21. The predicted octanol–water partition coefficient (Wildman–Crippen LogP) is 3.29. The first kappa shape index (κ1) is 12.0. The van der Waals surface area contributed by atoms with Crippen LogP contribution >= 0.6 is 11.6 Å². The van der Waals surface area contributed by atoms with Crippen LogP contribution < -0.4 is 5.32 Å². The highest BCUT2D eigenvalue weighted by Gasteiger charge is 2.07. The molecule has 3 heteroatoms. The van der Waals surface area contributed by atoms with Gasteiger partial charge in [-0.1, -0.05) is 30.7 Å². The molecule has 2 nitrogen and oxygen atoms in total. The molecule has 1 aromatic carbocycles. The van der Waals surface area contributed by atoms with Gasteiger partial charge in [-0.15, -0.1) is 0 Å². The number of nitriles is 1. The van der Waals surface area contributed by atoms with E-state index < -0.39 is 0 Å². The monoisotopic (exact) mass is 222 g/mol. The second-order valence-corrected chi connectivity index (χ2v) is 3.81. The van der Waals surface area contributed by atoms with E-state index in [0.717, 1.165) is 18.0 Å². The van der Waals surface area contributed by atoms with Gasteiger partial charge in [-0.05, 0) is 24.1 Å². The average molecular weight is 223 g/mol. The number of hydrogen-bond acceptors (Lipinski definition) is 2. The van der Waals surface area contributed by atoms with E-state index in [4.69, 9.17) is 16.9 Å². The molecule has 0 aliphatic heterocycles. The average Bonchev–Trinajstić information content (AvgIpc) is 2.24. The normalized spacial score (nSPS) is 12.1. The van der Waals surface area contributed by atoms with E-state index in [2.05, 4.69) is 24.4 Å². The fourth-order valence-electron chi connectivity index (χ4n) is 1.52. The highest BCUT2D eigenvalue weighted by Crippen LogP contribution is 2.19. The minimum atomic E-state index is 0.289. The van der Waals surface area contributed by atoms with Gasteiger partial charge in [0.05, 0.1) is 6.07 Å². The zero-order valence-electron chi connectivity index (χ0n) is 8.83. The molecular weight excluding hydrogens is 208 g/mol. The molecule has 0 heterocycles. The summed E-state index contributed by atoms with van der Waals surface area (Å²) in [5, 5.41) is 12.5. The van der Waals surface area contributed by atoms with Crippen molar-refractivity contribution in [2.24, 2.45) is 0 Å². The van der Waals surface area contributed by atoms with Crippen LogP contribution in [0.1, 0.15) is 31.4 Å². The number of nitrogens with one attached hydrogen (secondary N) is 1. The van der Waals surface area contributed by atoms with Crippen molar-refractivity contribution in [1.82, 2.24) is 5.32 Å². The molecule has 0 aliphatic rings. The molecule has 1 rings (SSSR count). The van der Waals surface area contributed by atoms with Gasteiger partial charge in [0, 0.05) is 24.0 Å². The quantitative estimate of drug-likeness (QED) is 0.776. The standard InChI is InChI=1S/C12H15ClN2/c1-2-12(15-8-4-7-14)10-5-3-6-11(13)9-10/h3,5-6,9,12,15H,2,4,8H2,1H3. The van der Waals surface area contributed by atoms with Gasteiger partial charge in [0.2, 0.25) is 0 Å². The van der Waals surface area contributed by atoms with Crippen molar-refractivity contribution >= 4 is 11.6 Å². The molecule has 0 bridgehead atoms. The number of benzene rings is 1. The third kappa shape index (κ3) is 3.91. The highest BCUT2D eigenvalue weighted by molar-refractivity contribution is 6.30. The summed E-state index contributed by atoms with van der Waals surface area (Å²) in [5.41, 5.74) is 1.18. The highest BCUT2D eigenvalue weighted by atomic mass is 35.5. The summed E-state index contributed by atoms with van der Waals surface area (Å²) in [7, 11) is 0. The lowest BCUT2D eigenvalue weighted by Gasteiger charge is -2.16. The van der Waals surface area contributed by atoms with Crippen molar-refractivity contribution in [3.63, 3.8) is 0 Å². The van der Waals surface area contributed by atoms with Crippen molar-refractivity contribution in [2.75, 3.05) is 6.54 Å². The van der Waals surface area contributed by atoms with Crippen LogP contribution in [0.25, 0.3) is 0 Å². The smallest absolute Gasteiger partial charge is 0.0635 e. The van der Waals surface area contributed by atoms with Crippen LogP contribution in [0.3, 0.4) is 0 Å². The van der Waals surface area contributed by atoms with Crippen LogP contribution in [0, 0.1) is 11.3 Å². The minimum Gasteiger partial charge on any atom is -0.309 e. The largest absolute Gasteiger partial charge is 0.309 e. The van der Waals surface area contributed by atoms with Gasteiger partial charge in [-0.3, -0.25) is 0 Å². The second kappa shape index (κ2) is 6.44. The molecule has 0 fully saturated rings.